The van der Waals surface area contributed by atoms with Gasteiger partial charge in [-0.05, 0) is 61.7 Å². The molecular weight excluding hydrogens is 380 g/mol. The quantitative estimate of drug-likeness (QED) is 0.647. The Morgan fingerprint density at radius 1 is 1.15 bits per heavy atom. The van der Waals surface area contributed by atoms with Crippen LogP contribution in [0.1, 0.15) is 41.8 Å². The third-order valence-electron chi connectivity index (χ3n) is 4.15. The van der Waals surface area contributed by atoms with E-state index in [0.29, 0.717) is 22.0 Å². The summed E-state index contributed by atoms with van der Waals surface area (Å²) in [5, 5.41) is 6.50. The minimum atomic E-state index is -0.163. The molecule has 4 nitrogen and oxygen atoms in total. The maximum atomic E-state index is 12.4. The van der Waals surface area contributed by atoms with Crippen LogP contribution in [0.4, 0.5) is 5.69 Å². The monoisotopic (exact) mass is 404 g/mol. The lowest BCUT2D eigenvalue weighted by Gasteiger charge is -2.11. The average Bonchev–Trinajstić information content (AvgIpc) is 2.65. The van der Waals surface area contributed by atoms with Crippen LogP contribution in [0.2, 0.25) is 5.02 Å². The molecule has 144 valence electrons. The summed E-state index contributed by atoms with van der Waals surface area (Å²) in [7, 11) is 0. The first-order valence-electron chi connectivity index (χ1n) is 8.92. The molecule has 0 bridgehead atoms. The molecule has 2 rings (SSSR count). The summed E-state index contributed by atoms with van der Waals surface area (Å²) in [6.45, 7) is 5.94. The second kappa shape index (κ2) is 10.4. The number of benzene rings is 2. The van der Waals surface area contributed by atoms with Gasteiger partial charge in [0.25, 0.3) is 5.91 Å². The highest BCUT2D eigenvalue weighted by atomic mass is 35.5. The van der Waals surface area contributed by atoms with Gasteiger partial charge in [-0.1, -0.05) is 30.7 Å². The van der Waals surface area contributed by atoms with Crippen molar-refractivity contribution in [1.29, 1.82) is 0 Å². The van der Waals surface area contributed by atoms with Gasteiger partial charge in [-0.15, -0.1) is 11.8 Å². The van der Waals surface area contributed by atoms with Crippen molar-refractivity contribution in [2.24, 2.45) is 0 Å². The molecule has 27 heavy (non-hydrogen) atoms. The van der Waals surface area contributed by atoms with E-state index in [0.717, 1.165) is 23.3 Å². The topological polar surface area (TPSA) is 58.2 Å². The number of amides is 2. The van der Waals surface area contributed by atoms with Gasteiger partial charge in [-0.25, -0.2) is 0 Å². The van der Waals surface area contributed by atoms with E-state index in [1.165, 1.54) is 0 Å². The third-order valence-corrected chi connectivity index (χ3v) is 5.58. The molecule has 0 aliphatic rings. The van der Waals surface area contributed by atoms with Gasteiger partial charge in [0.2, 0.25) is 5.91 Å². The Morgan fingerprint density at radius 3 is 2.48 bits per heavy atom. The minimum Gasteiger partial charge on any atom is -0.353 e. The van der Waals surface area contributed by atoms with E-state index in [2.05, 4.69) is 10.6 Å². The summed E-state index contributed by atoms with van der Waals surface area (Å²) in [5.41, 5.74) is 3.30. The molecule has 0 fully saturated rings. The van der Waals surface area contributed by atoms with Gasteiger partial charge in [0, 0.05) is 28.1 Å². The number of rotatable bonds is 8. The van der Waals surface area contributed by atoms with Gasteiger partial charge in [0.05, 0.1) is 5.75 Å². The van der Waals surface area contributed by atoms with Crippen molar-refractivity contribution in [3.63, 3.8) is 0 Å². The van der Waals surface area contributed by atoms with Crippen molar-refractivity contribution in [3.8, 4) is 0 Å². The van der Waals surface area contributed by atoms with Gasteiger partial charge < -0.3 is 10.6 Å². The van der Waals surface area contributed by atoms with Crippen LogP contribution in [-0.4, -0.2) is 23.6 Å². The summed E-state index contributed by atoms with van der Waals surface area (Å²) in [5.74, 6) is 1.06. The van der Waals surface area contributed by atoms with Gasteiger partial charge >= 0.3 is 0 Å². The van der Waals surface area contributed by atoms with Crippen LogP contribution in [-0.2, 0) is 10.5 Å². The molecule has 0 heterocycles. The molecule has 0 spiro atoms. The summed E-state index contributed by atoms with van der Waals surface area (Å²) in [6.07, 6.45) is 0.926. The molecule has 2 N–H and O–H groups in total. The SMILES string of the molecule is CC[C@@H](C)NC(=O)CSCc1ccc(C(=O)Nc2ccc(Cl)c(C)c2)cc1. The Hall–Kier alpha value is -1.98. The van der Waals surface area contributed by atoms with Crippen LogP contribution in [0.15, 0.2) is 42.5 Å². The molecule has 0 radical (unpaired) electrons. The van der Waals surface area contributed by atoms with E-state index < -0.39 is 0 Å². The fourth-order valence-electron chi connectivity index (χ4n) is 2.36. The number of aryl methyl sites for hydroxylation is 1. The van der Waals surface area contributed by atoms with Crippen LogP contribution in [0.3, 0.4) is 0 Å². The fourth-order valence-corrected chi connectivity index (χ4v) is 3.27. The molecule has 0 aliphatic heterocycles. The maximum absolute atomic E-state index is 12.4. The van der Waals surface area contributed by atoms with Crippen LogP contribution in [0.5, 0.6) is 0 Å². The average molecular weight is 405 g/mol. The molecule has 1 atom stereocenters. The zero-order chi connectivity index (χ0) is 19.8. The van der Waals surface area contributed by atoms with Crippen LogP contribution < -0.4 is 10.6 Å². The molecule has 2 amide bonds. The molecular formula is C21H25ClN2O2S. The van der Waals surface area contributed by atoms with Crippen molar-refractivity contribution in [2.75, 3.05) is 11.1 Å². The summed E-state index contributed by atoms with van der Waals surface area (Å²) in [6, 6.07) is 13.0. The number of carbonyl (C=O) groups is 2. The van der Waals surface area contributed by atoms with E-state index in [-0.39, 0.29) is 17.9 Å². The van der Waals surface area contributed by atoms with Crippen molar-refractivity contribution < 1.29 is 9.59 Å². The second-order valence-corrected chi connectivity index (χ2v) is 7.88. The fraction of sp³-hybridized carbons (Fsp3) is 0.333. The first-order chi connectivity index (χ1) is 12.9. The predicted molar refractivity (Wildman–Crippen MR) is 115 cm³/mol. The van der Waals surface area contributed by atoms with Crippen LogP contribution in [0.25, 0.3) is 0 Å². The molecule has 6 heteroatoms. The first-order valence-corrected chi connectivity index (χ1v) is 10.5. The Morgan fingerprint density at radius 2 is 1.85 bits per heavy atom. The van der Waals surface area contributed by atoms with E-state index in [1.807, 2.05) is 39.0 Å². The number of thioether (sulfide) groups is 1. The Labute approximate surface area is 170 Å². The molecule has 0 aliphatic carbocycles. The van der Waals surface area contributed by atoms with E-state index in [9.17, 15) is 9.59 Å². The normalized spacial score (nSPS) is 11.7. The summed E-state index contributed by atoms with van der Waals surface area (Å²) < 4.78 is 0. The predicted octanol–water partition coefficient (Wildman–Crippen LogP) is 5.05. The van der Waals surface area contributed by atoms with Gasteiger partial charge in [0.15, 0.2) is 0 Å². The number of anilines is 1. The van der Waals surface area contributed by atoms with E-state index >= 15 is 0 Å². The molecule has 2 aromatic rings. The summed E-state index contributed by atoms with van der Waals surface area (Å²) in [4.78, 5) is 24.1. The van der Waals surface area contributed by atoms with Crippen LogP contribution >= 0.6 is 23.4 Å². The van der Waals surface area contributed by atoms with Crippen molar-refractivity contribution in [1.82, 2.24) is 5.32 Å². The zero-order valence-corrected chi connectivity index (χ0v) is 17.4. The number of carbonyl (C=O) groups excluding carboxylic acids is 2. The highest BCUT2D eigenvalue weighted by Gasteiger charge is 2.08. The second-order valence-electron chi connectivity index (χ2n) is 6.48. The molecule has 0 unspecified atom stereocenters. The first kappa shape index (κ1) is 21.3. The van der Waals surface area contributed by atoms with Crippen molar-refractivity contribution >= 4 is 40.9 Å². The number of halogens is 1. The number of nitrogens with one attached hydrogen (secondary N) is 2. The molecule has 0 saturated heterocycles. The smallest absolute Gasteiger partial charge is 0.255 e. The standard InChI is InChI=1S/C21H25ClN2O2S/c1-4-15(3)23-20(25)13-27-12-16-5-7-17(8-6-16)21(26)24-18-9-10-19(22)14(2)11-18/h5-11,15H,4,12-13H2,1-3H3,(H,23,25)(H,24,26)/t15-/m1/s1. The molecule has 0 saturated carbocycles. The van der Waals surface area contributed by atoms with Crippen LogP contribution in [0, 0.1) is 6.92 Å². The Balaban J connectivity index is 1.84. The summed E-state index contributed by atoms with van der Waals surface area (Å²) >= 11 is 7.57. The van der Waals surface area contributed by atoms with Gasteiger partial charge in [-0.3, -0.25) is 9.59 Å². The van der Waals surface area contributed by atoms with Crippen molar-refractivity contribution in [3.05, 3.63) is 64.2 Å². The highest BCUT2D eigenvalue weighted by Crippen LogP contribution is 2.20. The lowest BCUT2D eigenvalue weighted by Crippen LogP contribution is -2.33. The molecule has 2 aromatic carbocycles. The Bertz CT molecular complexity index is 793. The third kappa shape index (κ3) is 6.92. The number of hydrogen-bond acceptors (Lipinski definition) is 3. The minimum absolute atomic E-state index is 0.0589. The van der Waals surface area contributed by atoms with Crippen molar-refractivity contribution in [2.45, 2.75) is 39.0 Å². The maximum Gasteiger partial charge on any atom is 0.255 e. The van der Waals surface area contributed by atoms with Gasteiger partial charge in [-0.2, -0.15) is 0 Å². The zero-order valence-electron chi connectivity index (χ0n) is 15.8. The van der Waals surface area contributed by atoms with Gasteiger partial charge in [0.1, 0.15) is 0 Å². The Kier molecular flexibility index (Phi) is 8.20. The van der Waals surface area contributed by atoms with E-state index in [1.54, 1.807) is 36.0 Å². The highest BCUT2D eigenvalue weighted by molar-refractivity contribution is 7.99. The lowest BCUT2D eigenvalue weighted by molar-refractivity contribution is -0.119. The molecule has 0 aromatic heterocycles. The lowest BCUT2D eigenvalue weighted by atomic mass is 10.1. The van der Waals surface area contributed by atoms with E-state index in [4.69, 9.17) is 11.6 Å². The number of hydrogen-bond donors (Lipinski definition) is 2. The largest absolute Gasteiger partial charge is 0.353 e.